The van der Waals surface area contributed by atoms with Crippen LogP contribution in [0.25, 0.3) is 10.9 Å². The summed E-state index contributed by atoms with van der Waals surface area (Å²) in [5, 5.41) is 14.0. The van der Waals surface area contributed by atoms with Crippen molar-refractivity contribution in [3.63, 3.8) is 0 Å². The van der Waals surface area contributed by atoms with Crippen molar-refractivity contribution in [3.8, 4) is 0 Å². The van der Waals surface area contributed by atoms with E-state index in [1.165, 1.54) is 10.9 Å². The molecule has 0 spiro atoms. The minimum absolute atomic E-state index is 0.129. The lowest BCUT2D eigenvalue weighted by molar-refractivity contribution is 0.318. The maximum atomic E-state index is 8.63. The van der Waals surface area contributed by atoms with Crippen LogP contribution in [0.3, 0.4) is 0 Å². The summed E-state index contributed by atoms with van der Waals surface area (Å²) in [5.41, 5.74) is 8.60. The van der Waals surface area contributed by atoms with Crippen LogP contribution in [-0.2, 0) is 5.75 Å². The normalized spacial score (nSPS) is 11.9. The Labute approximate surface area is 126 Å². The predicted octanol–water partition coefficient (Wildman–Crippen LogP) is 3.55. The SMILES string of the molecule is N/C(=N/O)c1ccc(CSc2cc3ccccc3[nH]2)cc1. The second-order valence-corrected chi connectivity index (χ2v) is 5.71. The topological polar surface area (TPSA) is 74.4 Å². The van der Waals surface area contributed by atoms with E-state index in [0.717, 1.165) is 21.9 Å². The van der Waals surface area contributed by atoms with Crippen LogP contribution in [0, 0.1) is 0 Å². The first-order valence-corrected chi connectivity index (χ1v) is 7.52. The van der Waals surface area contributed by atoms with Crippen LogP contribution in [0.15, 0.2) is 64.8 Å². The first-order valence-electron chi connectivity index (χ1n) is 6.53. The van der Waals surface area contributed by atoms with Crippen molar-refractivity contribution in [3.05, 3.63) is 65.7 Å². The second kappa shape index (κ2) is 5.93. The van der Waals surface area contributed by atoms with Crippen molar-refractivity contribution in [2.75, 3.05) is 0 Å². The van der Waals surface area contributed by atoms with E-state index in [-0.39, 0.29) is 5.84 Å². The van der Waals surface area contributed by atoms with E-state index < -0.39 is 0 Å². The lowest BCUT2D eigenvalue weighted by Gasteiger charge is -2.02. The van der Waals surface area contributed by atoms with Gasteiger partial charge in [-0.2, -0.15) is 0 Å². The second-order valence-electron chi connectivity index (χ2n) is 4.69. The Kier molecular flexibility index (Phi) is 3.83. The van der Waals surface area contributed by atoms with E-state index in [1.54, 1.807) is 11.8 Å². The van der Waals surface area contributed by atoms with Gasteiger partial charge in [0.15, 0.2) is 5.84 Å². The summed E-state index contributed by atoms with van der Waals surface area (Å²) >= 11 is 1.75. The van der Waals surface area contributed by atoms with Crippen molar-refractivity contribution in [1.82, 2.24) is 4.98 Å². The van der Waals surface area contributed by atoms with Gasteiger partial charge in [0.1, 0.15) is 0 Å². The molecule has 106 valence electrons. The number of H-pyrrole nitrogens is 1. The average molecular weight is 297 g/mol. The van der Waals surface area contributed by atoms with E-state index in [0.29, 0.717) is 0 Å². The Bertz CT molecular complexity index is 745. The zero-order valence-corrected chi connectivity index (χ0v) is 12.1. The zero-order valence-electron chi connectivity index (χ0n) is 11.3. The summed E-state index contributed by atoms with van der Waals surface area (Å²) in [5.74, 6) is 0.994. The molecule has 3 aromatic rings. The molecule has 0 saturated carbocycles. The minimum Gasteiger partial charge on any atom is -0.409 e. The fourth-order valence-electron chi connectivity index (χ4n) is 2.12. The Morgan fingerprint density at radius 2 is 1.90 bits per heavy atom. The molecule has 3 rings (SSSR count). The van der Waals surface area contributed by atoms with Crippen LogP contribution < -0.4 is 5.73 Å². The summed E-state index contributed by atoms with van der Waals surface area (Å²) in [7, 11) is 0. The zero-order chi connectivity index (χ0) is 14.7. The number of para-hydroxylation sites is 1. The molecule has 4 N–H and O–H groups in total. The largest absolute Gasteiger partial charge is 0.409 e. The van der Waals surface area contributed by atoms with Gasteiger partial charge in [0.2, 0.25) is 0 Å². The number of rotatable bonds is 4. The molecule has 0 aliphatic carbocycles. The monoisotopic (exact) mass is 297 g/mol. The number of nitrogens with zero attached hydrogens (tertiary/aromatic N) is 1. The summed E-state index contributed by atoms with van der Waals surface area (Å²) in [4.78, 5) is 3.40. The van der Waals surface area contributed by atoms with Crippen LogP contribution in [-0.4, -0.2) is 16.0 Å². The Morgan fingerprint density at radius 1 is 1.14 bits per heavy atom. The van der Waals surface area contributed by atoms with Crippen molar-refractivity contribution >= 4 is 28.5 Å². The molecular weight excluding hydrogens is 282 g/mol. The number of thioether (sulfide) groups is 1. The van der Waals surface area contributed by atoms with Crippen molar-refractivity contribution < 1.29 is 5.21 Å². The molecule has 2 aromatic carbocycles. The molecule has 0 saturated heterocycles. The number of nitrogens with two attached hydrogens (primary N) is 1. The van der Waals surface area contributed by atoms with Gasteiger partial charge < -0.3 is 15.9 Å². The molecule has 1 aromatic heterocycles. The third-order valence-electron chi connectivity index (χ3n) is 3.26. The number of amidine groups is 1. The number of benzene rings is 2. The maximum absolute atomic E-state index is 8.63. The van der Waals surface area contributed by atoms with Gasteiger partial charge in [-0.25, -0.2) is 0 Å². The molecule has 4 nitrogen and oxygen atoms in total. The van der Waals surface area contributed by atoms with Gasteiger partial charge in [-0.15, -0.1) is 11.8 Å². The number of hydrogen-bond acceptors (Lipinski definition) is 3. The average Bonchev–Trinajstić information content (AvgIpc) is 2.95. The molecule has 0 amide bonds. The third kappa shape index (κ3) is 3.03. The number of oxime groups is 1. The third-order valence-corrected chi connectivity index (χ3v) is 4.27. The molecule has 0 unspecified atom stereocenters. The summed E-state index contributed by atoms with van der Waals surface area (Å²) in [6.07, 6.45) is 0. The molecule has 0 atom stereocenters. The van der Waals surface area contributed by atoms with E-state index in [1.807, 2.05) is 36.4 Å². The first-order chi connectivity index (χ1) is 10.3. The maximum Gasteiger partial charge on any atom is 0.170 e. The van der Waals surface area contributed by atoms with Crippen LogP contribution >= 0.6 is 11.8 Å². The standard InChI is InChI=1S/C16H15N3OS/c17-16(19-20)12-7-5-11(6-8-12)10-21-15-9-13-3-1-2-4-14(13)18-15/h1-9,18,20H,10H2,(H2,17,19). The van der Waals surface area contributed by atoms with Gasteiger partial charge in [-0.1, -0.05) is 47.6 Å². The summed E-state index contributed by atoms with van der Waals surface area (Å²) in [6.45, 7) is 0. The molecular formula is C16H15N3OS. The fraction of sp³-hybridized carbons (Fsp3) is 0.0625. The van der Waals surface area contributed by atoms with Gasteiger partial charge >= 0.3 is 0 Å². The van der Waals surface area contributed by atoms with Gasteiger partial charge in [0, 0.05) is 22.2 Å². The molecule has 21 heavy (non-hydrogen) atoms. The van der Waals surface area contributed by atoms with Crippen LogP contribution in [0.5, 0.6) is 0 Å². The van der Waals surface area contributed by atoms with Crippen LogP contribution in [0.1, 0.15) is 11.1 Å². The van der Waals surface area contributed by atoms with E-state index in [9.17, 15) is 0 Å². The fourth-order valence-corrected chi connectivity index (χ4v) is 3.02. The Hall–Kier alpha value is -2.40. The number of fused-ring (bicyclic) bond motifs is 1. The predicted molar refractivity (Wildman–Crippen MR) is 86.8 cm³/mol. The highest BCUT2D eigenvalue weighted by atomic mass is 32.2. The number of nitrogens with one attached hydrogen (secondary N) is 1. The van der Waals surface area contributed by atoms with Gasteiger partial charge in [-0.3, -0.25) is 0 Å². The van der Waals surface area contributed by atoms with Gasteiger partial charge in [0.25, 0.3) is 0 Å². The molecule has 0 aliphatic rings. The number of aromatic amines is 1. The van der Waals surface area contributed by atoms with Gasteiger partial charge in [-0.05, 0) is 17.7 Å². The van der Waals surface area contributed by atoms with Crippen molar-refractivity contribution in [1.29, 1.82) is 0 Å². The highest BCUT2D eigenvalue weighted by Gasteiger charge is 2.03. The summed E-state index contributed by atoms with van der Waals surface area (Å²) < 4.78 is 0. The lowest BCUT2D eigenvalue weighted by Crippen LogP contribution is -2.12. The number of aromatic nitrogens is 1. The highest BCUT2D eigenvalue weighted by Crippen LogP contribution is 2.26. The van der Waals surface area contributed by atoms with E-state index in [4.69, 9.17) is 10.9 Å². The van der Waals surface area contributed by atoms with E-state index >= 15 is 0 Å². The lowest BCUT2D eigenvalue weighted by atomic mass is 10.1. The first kappa shape index (κ1) is 13.6. The van der Waals surface area contributed by atoms with Crippen LogP contribution in [0.2, 0.25) is 0 Å². The van der Waals surface area contributed by atoms with Gasteiger partial charge in [0.05, 0.1) is 5.03 Å². The quantitative estimate of drug-likeness (QED) is 0.227. The van der Waals surface area contributed by atoms with E-state index in [2.05, 4.69) is 28.3 Å². The molecule has 0 fully saturated rings. The molecule has 0 radical (unpaired) electrons. The van der Waals surface area contributed by atoms with Crippen molar-refractivity contribution in [2.24, 2.45) is 10.9 Å². The molecule has 0 bridgehead atoms. The molecule has 1 heterocycles. The minimum atomic E-state index is 0.129. The molecule has 0 aliphatic heterocycles. The smallest absolute Gasteiger partial charge is 0.170 e. The Balaban J connectivity index is 1.69. The number of hydrogen-bond donors (Lipinski definition) is 3. The molecule has 5 heteroatoms. The highest BCUT2D eigenvalue weighted by molar-refractivity contribution is 7.98. The van der Waals surface area contributed by atoms with Crippen LogP contribution in [0.4, 0.5) is 0 Å². The van der Waals surface area contributed by atoms with Crippen molar-refractivity contribution in [2.45, 2.75) is 10.8 Å². The summed E-state index contributed by atoms with van der Waals surface area (Å²) in [6, 6.07) is 18.1. The Morgan fingerprint density at radius 3 is 2.62 bits per heavy atom.